The molecule has 0 aliphatic carbocycles. The fourth-order valence-electron chi connectivity index (χ4n) is 1.62. The molecule has 4 N–H and O–H groups in total. The van der Waals surface area contributed by atoms with Crippen LogP contribution in [0.25, 0.3) is 0 Å². The standard InChI is InChI=1S/C11H15FN2O3/c1-14-10(9(13)11(15)16)7-5-6(12)3-4-8(7)17-2/h3-5,9-10,14H,13H2,1-2H3,(H,15,16). The maximum absolute atomic E-state index is 13.2. The third kappa shape index (κ3) is 2.92. The fraction of sp³-hybridized carbons (Fsp3) is 0.364. The lowest BCUT2D eigenvalue weighted by Gasteiger charge is -2.22. The molecule has 1 aromatic carbocycles. The molecule has 0 aliphatic rings. The molecule has 5 nitrogen and oxygen atoms in total. The van der Waals surface area contributed by atoms with E-state index in [-0.39, 0.29) is 0 Å². The van der Waals surface area contributed by atoms with Crippen molar-refractivity contribution in [2.75, 3.05) is 14.2 Å². The minimum absolute atomic E-state index is 0.380. The fourth-order valence-corrected chi connectivity index (χ4v) is 1.62. The third-order valence-corrected chi connectivity index (χ3v) is 2.48. The molecule has 0 saturated heterocycles. The molecule has 0 fully saturated rings. The van der Waals surface area contributed by atoms with Crippen molar-refractivity contribution in [3.63, 3.8) is 0 Å². The zero-order valence-corrected chi connectivity index (χ0v) is 9.61. The van der Waals surface area contributed by atoms with E-state index in [0.717, 1.165) is 0 Å². The van der Waals surface area contributed by atoms with Gasteiger partial charge in [-0.2, -0.15) is 0 Å². The predicted octanol–water partition coefficient (Wildman–Crippen LogP) is 0.507. The van der Waals surface area contributed by atoms with E-state index in [1.807, 2.05) is 0 Å². The minimum Gasteiger partial charge on any atom is -0.496 e. The van der Waals surface area contributed by atoms with Gasteiger partial charge in [-0.05, 0) is 25.2 Å². The predicted molar refractivity (Wildman–Crippen MR) is 60.4 cm³/mol. The molecule has 1 aromatic rings. The summed E-state index contributed by atoms with van der Waals surface area (Å²) in [6.45, 7) is 0. The first-order chi connectivity index (χ1) is 8.01. The van der Waals surface area contributed by atoms with Crippen LogP contribution in [0.2, 0.25) is 0 Å². The van der Waals surface area contributed by atoms with Crippen molar-refractivity contribution in [3.8, 4) is 5.75 Å². The van der Waals surface area contributed by atoms with Crippen molar-refractivity contribution < 1.29 is 19.0 Å². The average molecular weight is 242 g/mol. The van der Waals surface area contributed by atoms with Crippen molar-refractivity contribution in [1.82, 2.24) is 5.32 Å². The Balaban J connectivity index is 3.18. The maximum Gasteiger partial charge on any atom is 0.322 e. The van der Waals surface area contributed by atoms with Crippen molar-refractivity contribution in [3.05, 3.63) is 29.6 Å². The van der Waals surface area contributed by atoms with Crippen molar-refractivity contribution in [2.45, 2.75) is 12.1 Å². The van der Waals surface area contributed by atoms with Gasteiger partial charge in [-0.3, -0.25) is 4.79 Å². The molecular formula is C11H15FN2O3. The number of nitrogens with two attached hydrogens (primary N) is 1. The second kappa shape index (κ2) is 5.60. The maximum atomic E-state index is 13.2. The van der Waals surface area contributed by atoms with E-state index < -0.39 is 23.9 Å². The van der Waals surface area contributed by atoms with Crippen LogP contribution >= 0.6 is 0 Å². The second-order valence-corrected chi connectivity index (χ2v) is 3.52. The first-order valence-electron chi connectivity index (χ1n) is 5.00. The molecule has 94 valence electrons. The van der Waals surface area contributed by atoms with E-state index in [4.69, 9.17) is 15.6 Å². The van der Waals surface area contributed by atoms with E-state index in [9.17, 15) is 9.18 Å². The molecule has 1 rings (SSSR count). The summed E-state index contributed by atoms with van der Waals surface area (Å²) in [5.41, 5.74) is 5.92. The lowest BCUT2D eigenvalue weighted by atomic mass is 9.99. The van der Waals surface area contributed by atoms with E-state index in [0.29, 0.717) is 11.3 Å². The van der Waals surface area contributed by atoms with E-state index in [1.165, 1.54) is 25.3 Å². The molecule has 6 heteroatoms. The highest BCUT2D eigenvalue weighted by molar-refractivity contribution is 5.74. The Bertz CT molecular complexity index is 412. The topological polar surface area (TPSA) is 84.6 Å². The Morgan fingerprint density at radius 1 is 1.59 bits per heavy atom. The molecule has 0 aliphatic heterocycles. The van der Waals surface area contributed by atoms with Gasteiger partial charge in [0.1, 0.15) is 17.6 Å². The Hall–Kier alpha value is -1.66. The zero-order valence-electron chi connectivity index (χ0n) is 9.61. The number of carbonyl (C=O) groups is 1. The third-order valence-electron chi connectivity index (χ3n) is 2.48. The summed E-state index contributed by atoms with van der Waals surface area (Å²) >= 11 is 0. The van der Waals surface area contributed by atoms with Gasteiger partial charge in [0.05, 0.1) is 13.2 Å². The monoisotopic (exact) mass is 242 g/mol. The molecule has 0 heterocycles. The van der Waals surface area contributed by atoms with Crippen LogP contribution in [0.3, 0.4) is 0 Å². The van der Waals surface area contributed by atoms with Gasteiger partial charge in [0, 0.05) is 5.56 Å². The smallest absolute Gasteiger partial charge is 0.322 e. The highest BCUT2D eigenvalue weighted by Crippen LogP contribution is 2.27. The zero-order chi connectivity index (χ0) is 13.0. The number of carboxylic acids is 1. The Morgan fingerprint density at radius 3 is 2.71 bits per heavy atom. The molecule has 0 bridgehead atoms. The van der Waals surface area contributed by atoms with Gasteiger partial charge in [0.15, 0.2) is 0 Å². The molecule has 0 radical (unpaired) electrons. The number of benzene rings is 1. The summed E-state index contributed by atoms with van der Waals surface area (Å²) < 4.78 is 18.2. The number of carboxylic acid groups (broad SMARTS) is 1. The summed E-state index contributed by atoms with van der Waals surface area (Å²) in [5, 5.41) is 11.6. The van der Waals surface area contributed by atoms with Crippen molar-refractivity contribution in [2.24, 2.45) is 5.73 Å². The Morgan fingerprint density at radius 2 is 2.24 bits per heavy atom. The number of likely N-dealkylation sites (N-methyl/N-ethyl adjacent to an activating group) is 1. The summed E-state index contributed by atoms with van der Waals surface area (Å²) in [5.74, 6) is -1.25. The number of methoxy groups -OCH3 is 1. The van der Waals surface area contributed by atoms with Gasteiger partial charge in [-0.25, -0.2) is 4.39 Å². The van der Waals surface area contributed by atoms with Gasteiger partial charge in [-0.1, -0.05) is 0 Å². The van der Waals surface area contributed by atoms with Gasteiger partial charge >= 0.3 is 5.97 Å². The highest BCUT2D eigenvalue weighted by Gasteiger charge is 2.27. The van der Waals surface area contributed by atoms with Crippen LogP contribution in [0.15, 0.2) is 18.2 Å². The summed E-state index contributed by atoms with van der Waals surface area (Å²) in [6.07, 6.45) is 0. The van der Waals surface area contributed by atoms with Crippen LogP contribution in [0.4, 0.5) is 4.39 Å². The molecule has 2 atom stereocenters. The molecular weight excluding hydrogens is 227 g/mol. The van der Waals surface area contributed by atoms with Crippen LogP contribution in [0.5, 0.6) is 5.75 Å². The molecule has 17 heavy (non-hydrogen) atoms. The largest absolute Gasteiger partial charge is 0.496 e. The Kier molecular flexibility index (Phi) is 4.42. The van der Waals surface area contributed by atoms with Crippen molar-refractivity contribution >= 4 is 5.97 Å². The lowest BCUT2D eigenvalue weighted by molar-refractivity contribution is -0.139. The number of nitrogens with one attached hydrogen (secondary N) is 1. The van der Waals surface area contributed by atoms with Gasteiger partial charge < -0.3 is 20.9 Å². The summed E-state index contributed by atoms with van der Waals surface area (Å²) in [4.78, 5) is 10.9. The Labute approximate surface area is 98.4 Å². The van der Waals surface area contributed by atoms with Crippen LogP contribution in [-0.2, 0) is 4.79 Å². The quantitative estimate of drug-likeness (QED) is 0.700. The lowest BCUT2D eigenvalue weighted by Crippen LogP contribution is -2.42. The van der Waals surface area contributed by atoms with Crippen LogP contribution in [0.1, 0.15) is 11.6 Å². The van der Waals surface area contributed by atoms with Crippen LogP contribution in [0, 0.1) is 5.82 Å². The normalized spacial score (nSPS) is 14.1. The minimum atomic E-state index is -1.18. The number of rotatable bonds is 5. The first kappa shape index (κ1) is 13.4. The summed E-state index contributed by atoms with van der Waals surface area (Å²) in [7, 11) is 2.98. The average Bonchev–Trinajstić information content (AvgIpc) is 2.30. The SMILES string of the molecule is CNC(c1cc(F)ccc1OC)C(N)C(=O)O. The van der Waals surface area contributed by atoms with Gasteiger partial charge in [0.2, 0.25) is 0 Å². The second-order valence-electron chi connectivity index (χ2n) is 3.52. The number of hydrogen-bond donors (Lipinski definition) is 3. The number of halogens is 1. The van der Waals surface area contributed by atoms with E-state index in [2.05, 4.69) is 5.32 Å². The van der Waals surface area contributed by atoms with E-state index in [1.54, 1.807) is 7.05 Å². The number of aliphatic carboxylic acids is 1. The molecule has 2 unspecified atom stereocenters. The van der Waals surface area contributed by atoms with Crippen LogP contribution in [-0.4, -0.2) is 31.3 Å². The summed E-state index contributed by atoms with van der Waals surface area (Å²) in [6, 6.07) is 1.97. The van der Waals surface area contributed by atoms with Crippen molar-refractivity contribution in [1.29, 1.82) is 0 Å². The van der Waals surface area contributed by atoms with E-state index >= 15 is 0 Å². The molecule has 0 aromatic heterocycles. The van der Waals surface area contributed by atoms with Gasteiger partial charge in [0.25, 0.3) is 0 Å². The van der Waals surface area contributed by atoms with Gasteiger partial charge in [-0.15, -0.1) is 0 Å². The van der Waals surface area contributed by atoms with Crippen LogP contribution < -0.4 is 15.8 Å². The number of hydrogen-bond acceptors (Lipinski definition) is 4. The highest BCUT2D eigenvalue weighted by atomic mass is 19.1. The molecule has 0 saturated carbocycles. The number of ether oxygens (including phenoxy) is 1. The molecule has 0 spiro atoms. The first-order valence-corrected chi connectivity index (χ1v) is 5.00. The molecule has 0 amide bonds.